The van der Waals surface area contributed by atoms with Gasteiger partial charge in [0.25, 0.3) is 0 Å². The Labute approximate surface area is 125 Å². The van der Waals surface area contributed by atoms with E-state index in [4.69, 9.17) is 0 Å². The number of aryl methyl sites for hydroxylation is 1. The third-order valence-electron chi connectivity index (χ3n) is 4.11. The molecule has 0 bridgehead atoms. The van der Waals surface area contributed by atoms with Gasteiger partial charge >= 0.3 is 0 Å². The molecule has 2 heteroatoms. The van der Waals surface area contributed by atoms with E-state index in [0.717, 1.165) is 19.6 Å². The lowest BCUT2D eigenvalue weighted by atomic mass is 9.86. The SMILES string of the molecule is CCN(CC(C)(CC)CNC(C)C)c1cccc(C)c1. The molecule has 0 aromatic heterocycles. The maximum absolute atomic E-state index is 3.60. The molecule has 0 saturated heterocycles. The zero-order valence-electron chi connectivity index (χ0n) is 14.2. The normalized spacial score (nSPS) is 14.3. The van der Waals surface area contributed by atoms with Gasteiger partial charge in [-0.3, -0.25) is 0 Å². The number of benzene rings is 1. The van der Waals surface area contributed by atoms with E-state index in [1.54, 1.807) is 0 Å². The highest BCUT2D eigenvalue weighted by Crippen LogP contribution is 2.26. The van der Waals surface area contributed by atoms with Gasteiger partial charge in [-0.25, -0.2) is 0 Å². The predicted molar refractivity (Wildman–Crippen MR) is 90.6 cm³/mol. The zero-order chi connectivity index (χ0) is 15.2. The molecule has 114 valence electrons. The van der Waals surface area contributed by atoms with Gasteiger partial charge in [0.1, 0.15) is 0 Å². The van der Waals surface area contributed by atoms with Crippen LogP contribution in [0.1, 0.15) is 46.6 Å². The lowest BCUT2D eigenvalue weighted by molar-refractivity contribution is 0.287. The monoisotopic (exact) mass is 276 g/mol. The van der Waals surface area contributed by atoms with Gasteiger partial charge in [-0.2, -0.15) is 0 Å². The van der Waals surface area contributed by atoms with E-state index in [9.17, 15) is 0 Å². The van der Waals surface area contributed by atoms with Crippen LogP contribution >= 0.6 is 0 Å². The summed E-state index contributed by atoms with van der Waals surface area (Å²) in [6.45, 7) is 16.8. The highest BCUT2D eigenvalue weighted by Gasteiger charge is 2.25. The molecule has 0 saturated carbocycles. The number of hydrogen-bond donors (Lipinski definition) is 1. The van der Waals surface area contributed by atoms with E-state index in [1.807, 2.05) is 0 Å². The van der Waals surface area contributed by atoms with Gasteiger partial charge in [0.05, 0.1) is 0 Å². The second-order valence-corrected chi connectivity index (χ2v) is 6.55. The van der Waals surface area contributed by atoms with Gasteiger partial charge < -0.3 is 10.2 Å². The number of nitrogens with zero attached hydrogens (tertiary/aromatic N) is 1. The molecule has 0 amide bonds. The molecule has 0 radical (unpaired) electrons. The van der Waals surface area contributed by atoms with Crippen molar-refractivity contribution >= 4 is 5.69 Å². The Bertz CT molecular complexity index is 400. The van der Waals surface area contributed by atoms with Crippen molar-refractivity contribution in [2.45, 2.75) is 54.0 Å². The Morgan fingerprint density at radius 1 is 1.25 bits per heavy atom. The minimum Gasteiger partial charge on any atom is -0.371 e. The van der Waals surface area contributed by atoms with Crippen LogP contribution in [-0.2, 0) is 0 Å². The van der Waals surface area contributed by atoms with E-state index in [0.29, 0.717) is 11.5 Å². The number of nitrogens with one attached hydrogen (secondary N) is 1. The van der Waals surface area contributed by atoms with E-state index in [-0.39, 0.29) is 0 Å². The van der Waals surface area contributed by atoms with E-state index in [2.05, 4.69) is 76.0 Å². The molecular weight excluding hydrogens is 244 g/mol. The minimum absolute atomic E-state index is 0.310. The van der Waals surface area contributed by atoms with Crippen molar-refractivity contribution < 1.29 is 0 Å². The first kappa shape index (κ1) is 17.0. The Hall–Kier alpha value is -1.02. The Balaban J connectivity index is 2.79. The lowest BCUT2D eigenvalue weighted by Crippen LogP contribution is -2.43. The van der Waals surface area contributed by atoms with Gasteiger partial charge in [-0.1, -0.05) is 39.8 Å². The fourth-order valence-corrected chi connectivity index (χ4v) is 2.41. The molecule has 1 N–H and O–H groups in total. The van der Waals surface area contributed by atoms with Crippen LogP contribution in [0.25, 0.3) is 0 Å². The Kier molecular flexibility index (Phi) is 6.54. The molecule has 0 spiro atoms. The summed E-state index contributed by atoms with van der Waals surface area (Å²) in [7, 11) is 0. The average molecular weight is 276 g/mol. The summed E-state index contributed by atoms with van der Waals surface area (Å²) in [4.78, 5) is 2.50. The molecule has 20 heavy (non-hydrogen) atoms. The highest BCUT2D eigenvalue weighted by molar-refractivity contribution is 5.48. The van der Waals surface area contributed by atoms with Crippen LogP contribution in [0.15, 0.2) is 24.3 Å². The summed E-state index contributed by atoms with van der Waals surface area (Å²) in [6, 6.07) is 9.38. The van der Waals surface area contributed by atoms with Crippen molar-refractivity contribution in [3.8, 4) is 0 Å². The highest BCUT2D eigenvalue weighted by atomic mass is 15.1. The standard InChI is InChI=1S/C18H32N2/c1-7-18(6,13-19-15(3)4)14-20(8-2)17-11-9-10-16(5)12-17/h9-12,15,19H,7-8,13-14H2,1-6H3. The number of anilines is 1. The maximum Gasteiger partial charge on any atom is 0.0368 e. The van der Waals surface area contributed by atoms with Gasteiger partial charge in [0.2, 0.25) is 0 Å². The minimum atomic E-state index is 0.310. The molecule has 0 aliphatic rings. The maximum atomic E-state index is 3.60. The van der Waals surface area contributed by atoms with Crippen LogP contribution in [0.5, 0.6) is 0 Å². The molecule has 2 nitrogen and oxygen atoms in total. The summed E-state index contributed by atoms with van der Waals surface area (Å²) in [6.07, 6.45) is 1.19. The second-order valence-electron chi connectivity index (χ2n) is 6.55. The van der Waals surface area contributed by atoms with E-state index >= 15 is 0 Å². The van der Waals surface area contributed by atoms with Crippen LogP contribution in [-0.4, -0.2) is 25.7 Å². The van der Waals surface area contributed by atoms with Gasteiger partial charge in [0.15, 0.2) is 0 Å². The fraction of sp³-hybridized carbons (Fsp3) is 0.667. The van der Waals surface area contributed by atoms with Crippen molar-refractivity contribution in [1.82, 2.24) is 5.32 Å². The van der Waals surface area contributed by atoms with Crippen molar-refractivity contribution in [2.24, 2.45) is 5.41 Å². The summed E-state index contributed by atoms with van der Waals surface area (Å²) < 4.78 is 0. The van der Waals surface area contributed by atoms with Crippen LogP contribution < -0.4 is 10.2 Å². The molecule has 1 unspecified atom stereocenters. The molecule has 0 aliphatic carbocycles. The van der Waals surface area contributed by atoms with Crippen LogP contribution in [0.2, 0.25) is 0 Å². The van der Waals surface area contributed by atoms with Crippen molar-refractivity contribution in [3.63, 3.8) is 0 Å². The average Bonchev–Trinajstić information content (AvgIpc) is 2.42. The molecule has 0 heterocycles. The molecular formula is C18H32N2. The number of rotatable bonds is 8. The van der Waals surface area contributed by atoms with E-state index in [1.165, 1.54) is 17.7 Å². The predicted octanol–water partition coefficient (Wildman–Crippen LogP) is 4.24. The quantitative estimate of drug-likeness (QED) is 0.764. The topological polar surface area (TPSA) is 15.3 Å². The fourth-order valence-electron chi connectivity index (χ4n) is 2.41. The zero-order valence-corrected chi connectivity index (χ0v) is 14.2. The molecule has 1 rings (SSSR count). The first-order valence-electron chi connectivity index (χ1n) is 7.95. The van der Waals surface area contributed by atoms with Crippen molar-refractivity contribution in [2.75, 3.05) is 24.5 Å². The third kappa shape index (κ3) is 5.16. The number of hydrogen-bond acceptors (Lipinski definition) is 2. The summed E-state index contributed by atoms with van der Waals surface area (Å²) in [5.74, 6) is 0. The van der Waals surface area contributed by atoms with Gasteiger partial charge in [-0.15, -0.1) is 0 Å². The largest absolute Gasteiger partial charge is 0.371 e. The Morgan fingerprint density at radius 3 is 2.45 bits per heavy atom. The molecule has 0 aliphatic heterocycles. The summed E-state index contributed by atoms with van der Waals surface area (Å²) >= 11 is 0. The molecule has 1 aromatic rings. The molecule has 1 aromatic carbocycles. The first-order chi connectivity index (χ1) is 9.40. The smallest absolute Gasteiger partial charge is 0.0368 e. The Morgan fingerprint density at radius 2 is 1.95 bits per heavy atom. The summed E-state index contributed by atoms with van der Waals surface area (Å²) in [5.41, 5.74) is 2.99. The molecule has 0 fully saturated rings. The van der Waals surface area contributed by atoms with Crippen LogP contribution in [0, 0.1) is 12.3 Å². The lowest BCUT2D eigenvalue weighted by Gasteiger charge is -2.36. The summed E-state index contributed by atoms with van der Waals surface area (Å²) in [5, 5.41) is 3.60. The molecule has 1 atom stereocenters. The van der Waals surface area contributed by atoms with Crippen molar-refractivity contribution in [1.29, 1.82) is 0 Å². The van der Waals surface area contributed by atoms with Crippen molar-refractivity contribution in [3.05, 3.63) is 29.8 Å². The van der Waals surface area contributed by atoms with E-state index < -0.39 is 0 Å². The third-order valence-corrected chi connectivity index (χ3v) is 4.11. The van der Waals surface area contributed by atoms with Crippen LogP contribution in [0.4, 0.5) is 5.69 Å². The van der Waals surface area contributed by atoms with Gasteiger partial charge in [0, 0.05) is 31.4 Å². The first-order valence-corrected chi connectivity index (χ1v) is 7.95. The van der Waals surface area contributed by atoms with Crippen LogP contribution in [0.3, 0.4) is 0 Å². The van der Waals surface area contributed by atoms with Gasteiger partial charge in [-0.05, 0) is 43.4 Å². The second kappa shape index (κ2) is 7.68.